The van der Waals surface area contributed by atoms with Gasteiger partial charge < -0.3 is 0 Å². The van der Waals surface area contributed by atoms with Gasteiger partial charge in [0.25, 0.3) is 0 Å². The van der Waals surface area contributed by atoms with Crippen LogP contribution in [0.2, 0.25) is 10.6 Å². The molecule has 0 aliphatic carbocycles. The summed E-state index contributed by atoms with van der Waals surface area (Å²) in [5.74, 6) is 0. The summed E-state index contributed by atoms with van der Waals surface area (Å²) in [7, 11) is 0. The van der Waals surface area contributed by atoms with Crippen LogP contribution in [0, 0.1) is 0 Å². The second-order valence-electron chi connectivity index (χ2n) is 2.78. The van der Waals surface area contributed by atoms with Crippen LogP contribution in [0.3, 0.4) is 0 Å². The van der Waals surface area contributed by atoms with E-state index < -0.39 is 0 Å². The Kier molecular flexibility index (Phi) is 10.5. The van der Waals surface area contributed by atoms with Crippen molar-refractivity contribution < 1.29 is 0 Å². The summed E-state index contributed by atoms with van der Waals surface area (Å²) in [5, 5.41) is 2.73. The van der Waals surface area contributed by atoms with E-state index in [1.54, 1.807) is 0 Å². The second kappa shape index (κ2) is 10.3. The van der Waals surface area contributed by atoms with E-state index in [1.807, 2.05) is 6.08 Å². The van der Waals surface area contributed by atoms with Crippen molar-refractivity contribution in [3.8, 4) is 0 Å². The zero-order valence-corrected chi connectivity index (χ0v) is 9.36. The molecule has 0 aromatic rings. The molecule has 0 bridgehead atoms. The van der Waals surface area contributed by atoms with Gasteiger partial charge in [0, 0.05) is 0 Å². The van der Waals surface area contributed by atoms with E-state index in [1.165, 1.54) is 42.7 Å². The topological polar surface area (TPSA) is 0 Å². The van der Waals surface area contributed by atoms with Crippen LogP contribution in [0.1, 0.15) is 39.0 Å². The third kappa shape index (κ3) is 10.3. The number of allylic oxidation sites excluding steroid dienone is 1. The van der Waals surface area contributed by atoms with Crippen LogP contribution >= 0.6 is 0 Å². The fraction of sp³-hybridized carbons (Fsp3) is 0.800. The van der Waals surface area contributed by atoms with Crippen molar-refractivity contribution in [2.45, 2.75) is 49.7 Å². The van der Waals surface area contributed by atoms with Crippen LogP contribution in [0.5, 0.6) is 0 Å². The van der Waals surface area contributed by atoms with Crippen molar-refractivity contribution in [1.82, 2.24) is 0 Å². The first-order chi connectivity index (χ1) is 5.41. The molecule has 1 heteroatoms. The van der Waals surface area contributed by atoms with Crippen LogP contribution in [0.15, 0.2) is 12.7 Å². The van der Waals surface area contributed by atoms with Crippen LogP contribution < -0.4 is 0 Å². The van der Waals surface area contributed by atoms with E-state index in [9.17, 15) is 0 Å². The van der Waals surface area contributed by atoms with Crippen molar-refractivity contribution in [3.05, 3.63) is 12.7 Å². The molecule has 0 amide bonds. The molecule has 11 heavy (non-hydrogen) atoms. The Hall–Kier alpha value is 0.259. The normalized spacial score (nSPS) is 9.91. The quantitative estimate of drug-likeness (QED) is 0.332. The maximum atomic E-state index is 3.72. The van der Waals surface area contributed by atoms with Gasteiger partial charge in [-0.05, 0) is 0 Å². The predicted octanol–water partition coefficient (Wildman–Crippen LogP) is 3.68. The molecule has 0 radical (unpaired) electrons. The molecule has 0 aliphatic rings. The molecule has 0 saturated carbocycles. The molecule has 0 spiro atoms. The van der Waals surface area contributed by atoms with Gasteiger partial charge in [-0.25, -0.2) is 0 Å². The van der Waals surface area contributed by atoms with E-state index in [2.05, 4.69) is 13.5 Å². The number of unbranched alkanes of at least 4 members (excludes halogenated alkanes) is 4. The Balaban J connectivity index is 2.74. The Morgan fingerprint density at radius 3 is 2.55 bits per heavy atom. The van der Waals surface area contributed by atoms with Gasteiger partial charge in [-0.3, -0.25) is 0 Å². The number of hydrogen-bond acceptors (Lipinski definition) is 0. The molecule has 0 nitrogen and oxygen atoms in total. The maximum absolute atomic E-state index is 3.72. The zero-order valence-electron chi connectivity index (χ0n) is 7.64. The molecule has 0 saturated heterocycles. The van der Waals surface area contributed by atoms with Crippen molar-refractivity contribution in [2.24, 2.45) is 0 Å². The first-order valence-electron chi connectivity index (χ1n) is 4.60. The second-order valence-corrected chi connectivity index (χ2v) is 5.19. The molecule has 0 rings (SSSR count). The molecule has 66 valence electrons. The van der Waals surface area contributed by atoms with Crippen LogP contribution in [0.25, 0.3) is 0 Å². The summed E-state index contributed by atoms with van der Waals surface area (Å²) in [5.41, 5.74) is 0. The first kappa shape index (κ1) is 11.3. The summed E-state index contributed by atoms with van der Waals surface area (Å²) in [6, 6.07) is 0. The van der Waals surface area contributed by atoms with Crippen molar-refractivity contribution in [3.63, 3.8) is 0 Å². The van der Waals surface area contributed by atoms with Gasteiger partial charge in [0.1, 0.15) is 0 Å². The Morgan fingerprint density at radius 1 is 1.18 bits per heavy atom. The number of hydrogen-bond donors (Lipinski definition) is 0. The van der Waals surface area contributed by atoms with Gasteiger partial charge in [-0.15, -0.1) is 0 Å². The molecular formula is C10H20Se. The molecule has 0 aromatic heterocycles. The minimum atomic E-state index is 0.855. The van der Waals surface area contributed by atoms with E-state index >= 15 is 0 Å². The van der Waals surface area contributed by atoms with Gasteiger partial charge in [-0.1, -0.05) is 0 Å². The Labute approximate surface area is 77.6 Å². The van der Waals surface area contributed by atoms with Crippen LogP contribution in [-0.4, -0.2) is 15.0 Å². The summed E-state index contributed by atoms with van der Waals surface area (Å²) in [6.07, 6.45) is 9.18. The third-order valence-corrected chi connectivity index (χ3v) is 3.83. The average molecular weight is 219 g/mol. The Morgan fingerprint density at radius 2 is 1.91 bits per heavy atom. The molecule has 0 atom stereocenters. The third-order valence-electron chi connectivity index (χ3n) is 1.63. The molecule has 0 unspecified atom stereocenters. The van der Waals surface area contributed by atoms with E-state index in [0.717, 1.165) is 15.0 Å². The summed E-state index contributed by atoms with van der Waals surface area (Å²) in [6.45, 7) is 5.99. The van der Waals surface area contributed by atoms with Gasteiger partial charge in [0.15, 0.2) is 0 Å². The van der Waals surface area contributed by atoms with Gasteiger partial charge >= 0.3 is 77.3 Å². The molecule has 0 aromatic carbocycles. The Bertz CT molecular complexity index is 78.9. The number of rotatable bonds is 8. The molecule has 0 fully saturated rings. The van der Waals surface area contributed by atoms with Crippen LogP contribution in [-0.2, 0) is 0 Å². The monoisotopic (exact) mass is 220 g/mol. The molecule has 0 N–H and O–H groups in total. The van der Waals surface area contributed by atoms with Crippen molar-refractivity contribution >= 4 is 15.0 Å². The summed E-state index contributed by atoms with van der Waals surface area (Å²) in [4.78, 5) is 0. The molecule has 0 aliphatic heterocycles. The van der Waals surface area contributed by atoms with Gasteiger partial charge in [-0.2, -0.15) is 0 Å². The standard InChI is InChI=1S/C10H20Se/c1-3-5-6-7-8-10-11-9-4-2/h4H,2-3,5-10H2,1H3. The summed E-state index contributed by atoms with van der Waals surface area (Å²) >= 11 is 0.855. The van der Waals surface area contributed by atoms with E-state index in [4.69, 9.17) is 0 Å². The van der Waals surface area contributed by atoms with Crippen LogP contribution in [0.4, 0.5) is 0 Å². The van der Waals surface area contributed by atoms with Crippen molar-refractivity contribution in [1.29, 1.82) is 0 Å². The molecular weight excluding hydrogens is 199 g/mol. The first-order valence-corrected chi connectivity index (χ1v) is 7.02. The zero-order chi connectivity index (χ0) is 8.36. The van der Waals surface area contributed by atoms with Gasteiger partial charge in [0.05, 0.1) is 0 Å². The average Bonchev–Trinajstić information content (AvgIpc) is 2.03. The predicted molar refractivity (Wildman–Crippen MR) is 54.3 cm³/mol. The van der Waals surface area contributed by atoms with Gasteiger partial charge in [0.2, 0.25) is 0 Å². The molecule has 0 heterocycles. The van der Waals surface area contributed by atoms with Crippen molar-refractivity contribution in [2.75, 3.05) is 0 Å². The summed E-state index contributed by atoms with van der Waals surface area (Å²) < 4.78 is 0. The fourth-order valence-corrected chi connectivity index (χ4v) is 2.53. The SMILES string of the molecule is C=CC[Se]CCCCCCC. The fourth-order valence-electron chi connectivity index (χ4n) is 0.974. The minimum absolute atomic E-state index is 0.855. The van der Waals surface area contributed by atoms with E-state index in [0.29, 0.717) is 0 Å². The van der Waals surface area contributed by atoms with E-state index in [-0.39, 0.29) is 0 Å².